The van der Waals surface area contributed by atoms with Crippen LogP contribution in [0.25, 0.3) is 0 Å². The van der Waals surface area contributed by atoms with Crippen molar-refractivity contribution in [3.63, 3.8) is 0 Å². The monoisotopic (exact) mass is 296 g/mol. The van der Waals surface area contributed by atoms with Gasteiger partial charge in [0.1, 0.15) is 0 Å². The van der Waals surface area contributed by atoms with Crippen molar-refractivity contribution in [1.29, 1.82) is 0 Å². The van der Waals surface area contributed by atoms with Gasteiger partial charge in [0, 0.05) is 19.6 Å². The van der Waals surface area contributed by atoms with E-state index in [0.29, 0.717) is 19.0 Å². The van der Waals surface area contributed by atoms with E-state index >= 15 is 0 Å². The first-order valence-corrected chi connectivity index (χ1v) is 8.88. The molecular weight excluding hydrogens is 272 g/mol. The molecule has 0 aromatic heterocycles. The van der Waals surface area contributed by atoms with Crippen LogP contribution in [-0.2, 0) is 22.3 Å². The lowest BCUT2D eigenvalue weighted by atomic mass is 10.1. The van der Waals surface area contributed by atoms with E-state index in [2.05, 4.69) is 19.2 Å². The highest BCUT2D eigenvalue weighted by molar-refractivity contribution is 7.88. The number of nitrogens with zero attached hydrogens (tertiary/aromatic N) is 1. The molecule has 1 aliphatic rings. The number of sulfonamides is 1. The van der Waals surface area contributed by atoms with E-state index in [-0.39, 0.29) is 5.75 Å². The van der Waals surface area contributed by atoms with E-state index in [1.807, 2.05) is 24.3 Å². The topological polar surface area (TPSA) is 49.4 Å². The number of benzene rings is 1. The fourth-order valence-corrected chi connectivity index (χ4v) is 4.20. The summed E-state index contributed by atoms with van der Waals surface area (Å²) in [6, 6.07) is 7.84. The highest BCUT2D eigenvalue weighted by Crippen LogP contribution is 2.21. The fraction of sp³-hybridized carbons (Fsp3) is 0.600. The van der Waals surface area contributed by atoms with Crippen LogP contribution in [0.2, 0.25) is 0 Å². The molecule has 0 radical (unpaired) electrons. The van der Waals surface area contributed by atoms with Crippen LogP contribution in [-0.4, -0.2) is 32.4 Å². The third-order valence-corrected chi connectivity index (χ3v) is 5.52. The van der Waals surface area contributed by atoms with Gasteiger partial charge in [-0.05, 0) is 30.0 Å². The summed E-state index contributed by atoms with van der Waals surface area (Å²) in [5.41, 5.74) is 2.01. The first-order chi connectivity index (χ1) is 9.51. The van der Waals surface area contributed by atoms with Gasteiger partial charge in [0.05, 0.1) is 5.75 Å². The smallest absolute Gasteiger partial charge is 0.218 e. The molecule has 1 heterocycles. The predicted octanol–water partition coefficient (Wildman–Crippen LogP) is 1.97. The molecule has 1 saturated heterocycles. The minimum atomic E-state index is -3.17. The zero-order chi connectivity index (χ0) is 14.6. The Morgan fingerprint density at radius 3 is 2.75 bits per heavy atom. The summed E-state index contributed by atoms with van der Waals surface area (Å²) in [4.78, 5) is 0. The maximum atomic E-state index is 12.4. The van der Waals surface area contributed by atoms with Crippen molar-refractivity contribution in [2.24, 2.45) is 5.92 Å². The van der Waals surface area contributed by atoms with Crippen molar-refractivity contribution in [2.45, 2.75) is 32.6 Å². The van der Waals surface area contributed by atoms with Gasteiger partial charge in [-0.3, -0.25) is 0 Å². The first kappa shape index (κ1) is 15.5. The Balaban J connectivity index is 2.05. The van der Waals surface area contributed by atoms with Crippen LogP contribution < -0.4 is 5.32 Å². The van der Waals surface area contributed by atoms with Crippen molar-refractivity contribution in [2.75, 3.05) is 19.6 Å². The van der Waals surface area contributed by atoms with E-state index in [9.17, 15) is 8.42 Å². The van der Waals surface area contributed by atoms with Crippen molar-refractivity contribution in [3.05, 3.63) is 35.4 Å². The molecule has 20 heavy (non-hydrogen) atoms. The summed E-state index contributed by atoms with van der Waals surface area (Å²) in [6.45, 7) is 7.19. The van der Waals surface area contributed by atoms with Crippen LogP contribution in [0.1, 0.15) is 31.4 Å². The number of hydrogen-bond acceptors (Lipinski definition) is 3. The van der Waals surface area contributed by atoms with E-state index in [0.717, 1.165) is 30.6 Å². The second kappa shape index (κ2) is 6.70. The van der Waals surface area contributed by atoms with Crippen molar-refractivity contribution in [1.82, 2.24) is 9.62 Å². The molecular formula is C15H24N2O2S. The minimum Gasteiger partial charge on any atom is -0.313 e. The van der Waals surface area contributed by atoms with Crippen LogP contribution in [0, 0.1) is 5.92 Å². The quantitative estimate of drug-likeness (QED) is 0.873. The van der Waals surface area contributed by atoms with Gasteiger partial charge < -0.3 is 5.32 Å². The van der Waals surface area contributed by atoms with Crippen LogP contribution in [0.15, 0.2) is 24.3 Å². The summed E-state index contributed by atoms with van der Waals surface area (Å²) in [5.74, 6) is 0.588. The maximum absolute atomic E-state index is 12.4. The van der Waals surface area contributed by atoms with Gasteiger partial charge in [-0.15, -0.1) is 0 Å². The van der Waals surface area contributed by atoms with Crippen molar-refractivity contribution < 1.29 is 8.42 Å². The van der Waals surface area contributed by atoms with Crippen LogP contribution >= 0.6 is 0 Å². The van der Waals surface area contributed by atoms with Gasteiger partial charge in [-0.25, -0.2) is 12.7 Å². The van der Waals surface area contributed by atoms with Crippen LogP contribution in [0.4, 0.5) is 0 Å². The van der Waals surface area contributed by atoms with Crippen molar-refractivity contribution >= 4 is 10.0 Å². The number of nitrogens with one attached hydrogen (secondary N) is 1. The Morgan fingerprint density at radius 1 is 1.35 bits per heavy atom. The molecule has 0 aliphatic carbocycles. The van der Waals surface area contributed by atoms with Crippen LogP contribution in [0.5, 0.6) is 0 Å². The molecule has 0 saturated carbocycles. The molecule has 1 unspecified atom stereocenters. The Kier molecular flexibility index (Phi) is 5.18. The standard InChI is InChI=1S/C15H24N2O2S/c1-3-16-10-14-5-4-6-15(9-14)12-20(18,19)17-8-7-13(2)11-17/h4-6,9,13,16H,3,7-8,10-12H2,1-2H3. The highest BCUT2D eigenvalue weighted by atomic mass is 32.2. The van der Waals surface area contributed by atoms with Gasteiger partial charge in [0.2, 0.25) is 10.0 Å². The minimum absolute atomic E-state index is 0.111. The Bertz CT molecular complexity index is 543. The Hall–Kier alpha value is -0.910. The molecule has 1 fully saturated rings. The lowest BCUT2D eigenvalue weighted by Crippen LogP contribution is -2.29. The normalized spacial score (nSPS) is 20.4. The zero-order valence-corrected chi connectivity index (χ0v) is 13.1. The van der Waals surface area contributed by atoms with Gasteiger partial charge in [0.15, 0.2) is 0 Å². The van der Waals surface area contributed by atoms with Gasteiger partial charge in [-0.2, -0.15) is 0 Å². The molecule has 5 heteroatoms. The molecule has 0 bridgehead atoms. The van der Waals surface area contributed by atoms with E-state index < -0.39 is 10.0 Å². The molecule has 1 atom stereocenters. The second-order valence-electron chi connectivity index (χ2n) is 5.61. The maximum Gasteiger partial charge on any atom is 0.218 e. The first-order valence-electron chi connectivity index (χ1n) is 7.27. The molecule has 2 rings (SSSR count). The molecule has 0 spiro atoms. The highest BCUT2D eigenvalue weighted by Gasteiger charge is 2.29. The Morgan fingerprint density at radius 2 is 2.10 bits per heavy atom. The molecule has 4 nitrogen and oxygen atoms in total. The lowest BCUT2D eigenvalue weighted by Gasteiger charge is -2.16. The summed E-state index contributed by atoms with van der Waals surface area (Å²) in [6.07, 6.45) is 0.972. The summed E-state index contributed by atoms with van der Waals surface area (Å²) in [5, 5.41) is 3.26. The van der Waals surface area contributed by atoms with Crippen molar-refractivity contribution in [3.8, 4) is 0 Å². The molecule has 1 aromatic carbocycles. The third kappa shape index (κ3) is 4.04. The average Bonchev–Trinajstić information content (AvgIpc) is 2.84. The van der Waals surface area contributed by atoms with E-state index in [1.54, 1.807) is 4.31 Å². The molecule has 1 N–H and O–H groups in total. The number of rotatable bonds is 6. The largest absolute Gasteiger partial charge is 0.313 e. The third-order valence-electron chi connectivity index (χ3n) is 3.70. The number of hydrogen-bond donors (Lipinski definition) is 1. The Labute approximate surface area is 122 Å². The molecule has 1 aromatic rings. The summed E-state index contributed by atoms with van der Waals surface area (Å²) >= 11 is 0. The molecule has 112 valence electrons. The molecule has 1 aliphatic heterocycles. The predicted molar refractivity (Wildman–Crippen MR) is 81.8 cm³/mol. The van der Waals surface area contributed by atoms with Crippen LogP contribution in [0.3, 0.4) is 0 Å². The molecule has 0 amide bonds. The zero-order valence-electron chi connectivity index (χ0n) is 12.3. The fourth-order valence-electron chi connectivity index (χ4n) is 2.55. The SMILES string of the molecule is CCNCc1cccc(CS(=O)(=O)N2CCC(C)C2)c1. The van der Waals surface area contributed by atoms with E-state index in [1.165, 1.54) is 0 Å². The van der Waals surface area contributed by atoms with Gasteiger partial charge in [-0.1, -0.05) is 38.1 Å². The average molecular weight is 296 g/mol. The summed E-state index contributed by atoms with van der Waals surface area (Å²) in [7, 11) is -3.17. The van der Waals surface area contributed by atoms with Gasteiger partial charge >= 0.3 is 0 Å². The van der Waals surface area contributed by atoms with E-state index in [4.69, 9.17) is 0 Å². The second-order valence-corrected chi connectivity index (χ2v) is 7.58. The van der Waals surface area contributed by atoms with Gasteiger partial charge in [0.25, 0.3) is 0 Å². The lowest BCUT2D eigenvalue weighted by molar-refractivity contribution is 0.463. The summed E-state index contributed by atoms with van der Waals surface area (Å²) < 4.78 is 26.4.